The first-order chi connectivity index (χ1) is 10.0. The molecule has 1 heterocycles. The highest BCUT2D eigenvalue weighted by atomic mass is 35.5. The third-order valence-corrected chi connectivity index (χ3v) is 3.54. The second-order valence-electron chi connectivity index (χ2n) is 5.29. The van der Waals surface area contributed by atoms with Gasteiger partial charge in [0.2, 0.25) is 0 Å². The van der Waals surface area contributed by atoms with Crippen LogP contribution in [0.25, 0.3) is 0 Å². The summed E-state index contributed by atoms with van der Waals surface area (Å²) < 4.78 is 7.90. The zero-order valence-electron chi connectivity index (χ0n) is 12.8. The lowest BCUT2D eigenvalue weighted by molar-refractivity contribution is 0.289. The molecule has 0 spiro atoms. The van der Waals surface area contributed by atoms with E-state index in [2.05, 4.69) is 12.0 Å². The smallest absolute Gasteiger partial charge is 0.141 e. The first-order valence-electron chi connectivity index (χ1n) is 7.20. The van der Waals surface area contributed by atoms with E-state index in [-0.39, 0.29) is 6.04 Å². The number of nitrogens with zero attached hydrogens (tertiary/aromatic N) is 2. The summed E-state index contributed by atoms with van der Waals surface area (Å²) in [6, 6.07) is 7.87. The fourth-order valence-corrected chi connectivity index (χ4v) is 2.61. The minimum Gasteiger partial charge on any atom is -0.485 e. The molecule has 1 aromatic carbocycles. The molecule has 114 valence electrons. The topological polar surface area (TPSA) is 53.1 Å². The van der Waals surface area contributed by atoms with Gasteiger partial charge in [0.1, 0.15) is 12.4 Å². The Bertz CT molecular complexity index is 608. The van der Waals surface area contributed by atoms with Crippen molar-refractivity contribution in [2.24, 2.45) is 5.73 Å². The third kappa shape index (κ3) is 3.99. The molecule has 0 saturated carbocycles. The van der Waals surface area contributed by atoms with Crippen molar-refractivity contribution in [1.29, 1.82) is 0 Å². The van der Waals surface area contributed by atoms with Gasteiger partial charge in [-0.25, -0.2) is 0 Å². The molecule has 0 aliphatic rings. The Labute approximate surface area is 130 Å². The molecule has 0 radical (unpaired) electrons. The van der Waals surface area contributed by atoms with Crippen molar-refractivity contribution in [1.82, 2.24) is 9.78 Å². The number of aryl methyl sites for hydroxylation is 2. The molecular formula is C16H22ClN3O. The zero-order valence-corrected chi connectivity index (χ0v) is 13.5. The predicted octanol–water partition coefficient (Wildman–Crippen LogP) is 3.33. The summed E-state index contributed by atoms with van der Waals surface area (Å²) in [4.78, 5) is 0. The number of hydrogen-bond acceptors (Lipinski definition) is 3. The largest absolute Gasteiger partial charge is 0.485 e. The number of benzene rings is 1. The number of halogens is 1. The Morgan fingerprint density at radius 3 is 2.86 bits per heavy atom. The number of hydrogen-bond donors (Lipinski definition) is 1. The van der Waals surface area contributed by atoms with Crippen molar-refractivity contribution in [2.45, 2.75) is 46.4 Å². The summed E-state index contributed by atoms with van der Waals surface area (Å²) in [5.41, 5.74) is 8.96. The quantitative estimate of drug-likeness (QED) is 0.890. The van der Waals surface area contributed by atoms with Gasteiger partial charge in [-0.1, -0.05) is 23.7 Å². The van der Waals surface area contributed by atoms with Gasteiger partial charge in [-0.15, -0.1) is 0 Å². The second-order valence-corrected chi connectivity index (χ2v) is 5.70. The minimum absolute atomic E-state index is 0.0641. The van der Waals surface area contributed by atoms with Crippen LogP contribution in [0.15, 0.2) is 24.3 Å². The van der Waals surface area contributed by atoms with Crippen LogP contribution in [0.5, 0.6) is 5.75 Å². The Morgan fingerprint density at radius 2 is 2.19 bits per heavy atom. The van der Waals surface area contributed by atoms with Gasteiger partial charge in [0, 0.05) is 12.6 Å². The van der Waals surface area contributed by atoms with Crippen molar-refractivity contribution < 1.29 is 4.74 Å². The summed E-state index contributed by atoms with van der Waals surface area (Å²) in [5, 5.41) is 5.04. The van der Waals surface area contributed by atoms with Crippen LogP contribution in [0.2, 0.25) is 5.02 Å². The SMILES string of the molecule is CCn1nc(C)cc1COc1c(Cl)cccc1CC(C)N. The molecule has 0 bridgehead atoms. The first kappa shape index (κ1) is 15.9. The second kappa shape index (κ2) is 6.96. The average Bonchev–Trinajstić information content (AvgIpc) is 2.78. The lowest BCUT2D eigenvalue weighted by Crippen LogP contribution is -2.18. The average molecular weight is 308 g/mol. The maximum Gasteiger partial charge on any atom is 0.141 e. The molecule has 2 rings (SSSR count). The predicted molar refractivity (Wildman–Crippen MR) is 85.8 cm³/mol. The van der Waals surface area contributed by atoms with Crippen LogP contribution in [-0.4, -0.2) is 15.8 Å². The highest BCUT2D eigenvalue weighted by molar-refractivity contribution is 6.32. The number of rotatable bonds is 6. The van der Waals surface area contributed by atoms with Crippen LogP contribution in [0.3, 0.4) is 0 Å². The Balaban J connectivity index is 2.19. The standard InChI is InChI=1S/C16H22ClN3O/c1-4-20-14(9-12(3)19-20)10-21-16-13(8-11(2)18)6-5-7-15(16)17/h5-7,9,11H,4,8,10,18H2,1-3H3. The van der Waals surface area contributed by atoms with Crippen LogP contribution >= 0.6 is 11.6 Å². The van der Waals surface area contributed by atoms with E-state index in [1.54, 1.807) is 0 Å². The van der Waals surface area contributed by atoms with Gasteiger partial charge in [0.05, 0.1) is 16.4 Å². The van der Waals surface area contributed by atoms with Crippen molar-refractivity contribution in [2.75, 3.05) is 0 Å². The van der Waals surface area contributed by atoms with E-state index in [0.717, 1.165) is 35.7 Å². The van der Waals surface area contributed by atoms with Crippen molar-refractivity contribution in [3.8, 4) is 5.75 Å². The molecule has 1 aromatic heterocycles. The number of ether oxygens (including phenoxy) is 1. The number of nitrogens with two attached hydrogens (primary N) is 1. The van der Waals surface area contributed by atoms with Gasteiger partial charge in [-0.05, 0) is 44.9 Å². The Kier molecular flexibility index (Phi) is 5.26. The number of para-hydroxylation sites is 1. The van der Waals surface area contributed by atoms with Gasteiger partial charge in [0.15, 0.2) is 0 Å². The fourth-order valence-electron chi connectivity index (χ4n) is 2.36. The lowest BCUT2D eigenvalue weighted by atomic mass is 10.1. The van der Waals surface area contributed by atoms with Crippen molar-refractivity contribution in [3.63, 3.8) is 0 Å². The minimum atomic E-state index is 0.0641. The maximum absolute atomic E-state index is 6.27. The summed E-state index contributed by atoms with van der Waals surface area (Å²) >= 11 is 6.27. The van der Waals surface area contributed by atoms with Gasteiger partial charge in [0.25, 0.3) is 0 Å². The normalized spacial score (nSPS) is 12.4. The van der Waals surface area contributed by atoms with E-state index in [1.165, 1.54) is 0 Å². The summed E-state index contributed by atoms with van der Waals surface area (Å²) in [7, 11) is 0. The Morgan fingerprint density at radius 1 is 1.43 bits per heavy atom. The highest BCUT2D eigenvalue weighted by Crippen LogP contribution is 2.30. The molecule has 0 fully saturated rings. The molecule has 4 nitrogen and oxygen atoms in total. The molecule has 0 aliphatic heterocycles. The van der Waals surface area contributed by atoms with Crippen molar-refractivity contribution >= 4 is 11.6 Å². The summed E-state index contributed by atoms with van der Waals surface area (Å²) in [6.45, 7) is 7.28. The summed E-state index contributed by atoms with van der Waals surface area (Å²) in [6.07, 6.45) is 0.738. The number of aromatic nitrogens is 2. The van der Waals surface area contributed by atoms with Gasteiger partial charge >= 0.3 is 0 Å². The molecule has 0 saturated heterocycles. The lowest BCUT2D eigenvalue weighted by Gasteiger charge is -2.15. The van der Waals surface area contributed by atoms with Crippen molar-refractivity contribution in [3.05, 3.63) is 46.2 Å². The molecule has 2 aromatic rings. The molecule has 1 atom stereocenters. The zero-order chi connectivity index (χ0) is 15.4. The van der Waals surface area contributed by atoms with E-state index in [4.69, 9.17) is 22.1 Å². The highest BCUT2D eigenvalue weighted by Gasteiger charge is 2.12. The van der Waals surface area contributed by atoms with E-state index in [9.17, 15) is 0 Å². The maximum atomic E-state index is 6.27. The van der Waals surface area contributed by atoms with E-state index >= 15 is 0 Å². The van der Waals surface area contributed by atoms with E-state index in [1.807, 2.05) is 42.8 Å². The monoisotopic (exact) mass is 307 g/mol. The van der Waals surface area contributed by atoms with Gasteiger partial charge < -0.3 is 10.5 Å². The van der Waals surface area contributed by atoms with Gasteiger partial charge in [-0.2, -0.15) is 5.10 Å². The van der Waals surface area contributed by atoms with Crippen LogP contribution in [0, 0.1) is 6.92 Å². The molecule has 5 heteroatoms. The van der Waals surface area contributed by atoms with E-state index in [0.29, 0.717) is 11.6 Å². The molecular weight excluding hydrogens is 286 g/mol. The molecule has 1 unspecified atom stereocenters. The summed E-state index contributed by atoms with van der Waals surface area (Å²) in [5.74, 6) is 0.720. The molecule has 0 aliphatic carbocycles. The van der Waals surface area contributed by atoms with Gasteiger partial charge in [-0.3, -0.25) is 4.68 Å². The first-order valence-corrected chi connectivity index (χ1v) is 7.58. The van der Waals surface area contributed by atoms with Crippen LogP contribution < -0.4 is 10.5 Å². The molecule has 21 heavy (non-hydrogen) atoms. The van der Waals surface area contributed by atoms with E-state index < -0.39 is 0 Å². The molecule has 2 N–H and O–H groups in total. The Hall–Kier alpha value is -1.52. The molecule has 0 amide bonds. The third-order valence-electron chi connectivity index (χ3n) is 3.24. The van der Waals surface area contributed by atoms with Crippen LogP contribution in [0.1, 0.15) is 30.8 Å². The van der Waals surface area contributed by atoms with Crippen LogP contribution in [-0.2, 0) is 19.6 Å². The van der Waals surface area contributed by atoms with Crippen LogP contribution in [0.4, 0.5) is 0 Å². The fraction of sp³-hybridized carbons (Fsp3) is 0.438.